The number of aliphatic imine (C=N–C) groups is 1. The first kappa shape index (κ1) is 16.5. The second kappa shape index (κ2) is 7.01. The molecule has 1 aliphatic rings. The van der Waals surface area contributed by atoms with Gasteiger partial charge in [0.2, 0.25) is 0 Å². The van der Waals surface area contributed by atoms with Crippen LogP contribution in [0.25, 0.3) is 0 Å². The molecule has 0 spiro atoms. The van der Waals surface area contributed by atoms with Crippen molar-refractivity contribution >= 4 is 11.6 Å². The van der Waals surface area contributed by atoms with Crippen LogP contribution < -0.4 is 11.1 Å². The molecule has 0 heterocycles. The van der Waals surface area contributed by atoms with Crippen molar-refractivity contribution in [3.05, 3.63) is 65.5 Å². The second-order valence-electron chi connectivity index (χ2n) is 6.21. The quantitative estimate of drug-likeness (QED) is 0.631. The lowest BCUT2D eigenvalue weighted by atomic mass is 9.96. The molecule has 1 aliphatic carbocycles. The highest BCUT2D eigenvalue weighted by Crippen LogP contribution is 2.48. The molecule has 3 N–H and O–H groups in total. The molecule has 1 fully saturated rings. The van der Waals surface area contributed by atoms with Gasteiger partial charge in [-0.3, -0.25) is 4.99 Å². The van der Waals surface area contributed by atoms with E-state index in [4.69, 9.17) is 10.5 Å². The minimum Gasteiger partial charge on any atom is -0.380 e. The highest BCUT2D eigenvalue weighted by molar-refractivity contribution is 5.93. The van der Waals surface area contributed by atoms with Crippen molar-refractivity contribution in [2.24, 2.45) is 10.7 Å². The van der Waals surface area contributed by atoms with Crippen LogP contribution in [0.2, 0.25) is 0 Å². The van der Waals surface area contributed by atoms with Crippen LogP contribution in [-0.2, 0) is 16.8 Å². The van der Waals surface area contributed by atoms with Crippen molar-refractivity contribution in [1.82, 2.24) is 0 Å². The zero-order valence-electron chi connectivity index (χ0n) is 13.8. The van der Waals surface area contributed by atoms with E-state index in [0.29, 0.717) is 19.1 Å². The van der Waals surface area contributed by atoms with Gasteiger partial charge in [-0.25, -0.2) is 4.39 Å². The van der Waals surface area contributed by atoms with E-state index in [-0.39, 0.29) is 11.2 Å². The number of benzene rings is 2. The van der Waals surface area contributed by atoms with E-state index in [9.17, 15) is 4.39 Å². The van der Waals surface area contributed by atoms with Crippen molar-refractivity contribution in [3.8, 4) is 0 Å². The summed E-state index contributed by atoms with van der Waals surface area (Å²) in [6, 6.07) is 14.6. The Hall–Kier alpha value is -2.40. The lowest BCUT2D eigenvalue weighted by Gasteiger charge is -2.15. The highest BCUT2D eigenvalue weighted by Gasteiger charge is 2.44. The van der Waals surface area contributed by atoms with E-state index >= 15 is 0 Å². The van der Waals surface area contributed by atoms with Gasteiger partial charge < -0.3 is 15.8 Å². The summed E-state index contributed by atoms with van der Waals surface area (Å²) in [5, 5.41) is 3.13. The number of nitrogens with one attached hydrogen (secondary N) is 1. The Labute approximate surface area is 141 Å². The smallest absolute Gasteiger partial charge is 0.193 e. The number of hydrogen-bond donors (Lipinski definition) is 2. The van der Waals surface area contributed by atoms with E-state index < -0.39 is 0 Å². The Morgan fingerprint density at radius 1 is 1.25 bits per heavy atom. The molecule has 126 valence electrons. The van der Waals surface area contributed by atoms with E-state index in [1.807, 2.05) is 30.3 Å². The summed E-state index contributed by atoms with van der Waals surface area (Å²) in [6.45, 7) is 1.06. The fourth-order valence-electron chi connectivity index (χ4n) is 2.84. The molecule has 3 rings (SSSR count). The second-order valence-corrected chi connectivity index (χ2v) is 6.21. The predicted octanol–water partition coefficient (Wildman–Crippen LogP) is 3.43. The number of rotatable bonds is 6. The standard InChI is InChI=1S/C19H22FN3O/c1-24-12-14-5-2-3-8-17(14)23-18(21)22-13-19(9-10-19)15-6-4-7-16(20)11-15/h2-8,11H,9-10,12-13H2,1H3,(H3,21,22,23). The number of ether oxygens (including phenoxy) is 1. The van der Waals surface area contributed by atoms with Crippen LogP contribution in [0.3, 0.4) is 0 Å². The average Bonchev–Trinajstić information content (AvgIpc) is 3.36. The number of anilines is 1. The van der Waals surface area contributed by atoms with Crippen molar-refractivity contribution in [2.75, 3.05) is 19.0 Å². The topological polar surface area (TPSA) is 59.6 Å². The molecule has 0 bridgehead atoms. The summed E-state index contributed by atoms with van der Waals surface area (Å²) >= 11 is 0. The lowest BCUT2D eigenvalue weighted by molar-refractivity contribution is 0.185. The first-order valence-corrected chi connectivity index (χ1v) is 8.03. The molecule has 0 saturated heterocycles. The third kappa shape index (κ3) is 3.74. The molecule has 4 nitrogen and oxygen atoms in total. The van der Waals surface area contributed by atoms with E-state index in [1.54, 1.807) is 19.2 Å². The van der Waals surface area contributed by atoms with Crippen LogP contribution in [0.4, 0.5) is 10.1 Å². The van der Waals surface area contributed by atoms with Gasteiger partial charge in [0.25, 0.3) is 0 Å². The number of halogens is 1. The number of methoxy groups -OCH3 is 1. The summed E-state index contributed by atoms with van der Waals surface area (Å²) in [6.07, 6.45) is 2.01. The molecular weight excluding hydrogens is 305 g/mol. The summed E-state index contributed by atoms with van der Waals surface area (Å²) in [5.41, 5.74) is 8.87. The molecular formula is C19H22FN3O. The summed E-state index contributed by atoms with van der Waals surface area (Å²) in [7, 11) is 1.66. The number of nitrogens with zero attached hydrogens (tertiary/aromatic N) is 1. The maximum atomic E-state index is 13.4. The zero-order valence-corrected chi connectivity index (χ0v) is 13.8. The normalized spacial score (nSPS) is 16.0. The maximum Gasteiger partial charge on any atom is 0.193 e. The van der Waals surface area contributed by atoms with Gasteiger partial charge in [0.15, 0.2) is 5.96 Å². The van der Waals surface area contributed by atoms with E-state index in [1.165, 1.54) is 6.07 Å². The number of nitrogens with two attached hydrogens (primary N) is 1. The zero-order chi connectivity index (χ0) is 17.0. The molecule has 0 aliphatic heterocycles. The molecule has 24 heavy (non-hydrogen) atoms. The molecule has 0 unspecified atom stereocenters. The SMILES string of the molecule is COCc1ccccc1NC(N)=NCC1(c2cccc(F)c2)CC1. The Balaban J connectivity index is 1.69. The monoisotopic (exact) mass is 327 g/mol. The van der Waals surface area contributed by atoms with Gasteiger partial charge in [0.1, 0.15) is 5.82 Å². The van der Waals surface area contributed by atoms with Gasteiger partial charge in [-0.2, -0.15) is 0 Å². The van der Waals surface area contributed by atoms with Gasteiger partial charge >= 0.3 is 0 Å². The van der Waals surface area contributed by atoms with Crippen molar-refractivity contribution in [1.29, 1.82) is 0 Å². The third-order valence-electron chi connectivity index (χ3n) is 4.42. The molecule has 2 aromatic rings. The maximum absolute atomic E-state index is 13.4. The summed E-state index contributed by atoms with van der Waals surface area (Å²) in [4.78, 5) is 4.48. The van der Waals surface area contributed by atoms with Crippen molar-refractivity contribution in [3.63, 3.8) is 0 Å². The van der Waals surface area contributed by atoms with Crippen LogP contribution in [0.15, 0.2) is 53.5 Å². The predicted molar refractivity (Wildman–Crippen MR) is 94.6 cm³/mol. The van der Waals surface area contributed by atoms with Gasteiger partial charge in [-0.15, -0.1) is 0 Å². The van der Waals surface area contributed by atoms with Crippen LogP contribution in [-0.4, -0.2) is 19.6 Å². The van der Waals surface area contributed by atoms with Crippen molar-refractivity contribution < 1.29 is 9.13 Å². The highest BCUT2D eigenvalue weighted by atomic mass is 19.1. The molecule has 0 atom stereocenters. The van der Waals surface area contributed by atoms with E-state index in [0.717, 1.165) is 29.7 Å². The number of para-hydroxylation sites is 1. The Morgan fingerprint density at radius 2 is 2.04 bits per heavy atom. The van der Waals surface area contributed by atoms with Gasteiger partial charge in [-0.05, 0) is 36.6 Å². The molecule has 0 amide bonds. The fourth-order valence-corrected chi connectivity index (χ4v) is 2.84. The van der Waals surface area contributed by atoms with E-state index in [2.05, 4.69) is 10.3 Å². The van der Waals surface area contributed by atoms with Crippen LogP contribution >= 0.6 is 0 Å². The summed E-state index contributed by atoms with van der Waals surface area (Å²) < 4.78 is 18.6. The van der Waals surface area contributed by atoms with Crippen LogP contribution in [0.5, 0.6) is 0 Å². The number of hydrogen-bond acceptors (Lipinski definition) is 2. The van der Waals surface area contributed by atoms with Crippen molar-refractivity contribution in [2.45, 2.75) is 24.9 Å². The van der Waals surface area contributed by atoms with Gasteiger partial charge in [0, 0.05) is 23.8 Å². The minimum atomic E-state index is -0.206. The Bertz CT molecular complexity index is 741. The van der Waals surface area contributed by atoms with Gasteiger partial charge in [0.05, 0.1) is 13.2 Å². The molecule has 5 heteroatoms. The minimum absolute atomic E-state index is 0.0690. The Kier molecular flexibility index (Phi) is 4.81. The van der Waals surface area contributed by atoms with Crippen LogP contribution in [0, 0.1) is 5.82 Å². The molecule has 0 aromatic heterocycles. The third-order valence-corrected chi connectivity index (χ3v) is 4.42. The summed E-state index contributed by atoms with van der Waals surface area (Å²) in [5.74, 6) is 0.156. The lowest BCUT2D eigenvalue weighted by Crippen LogP contribution is -2.25. The fraction of sp³-hybridized carbons (Fsp3) is 0.316. The van der Waals surface area contributed by atoms with Gasteiger partial charge in [-0.1, -0.05) is 30.3 Å². The molecule has 0 radical (unpaired) electrons. The first-order chi connectivity index (χ1) is 11.6. The average molecular weight is 327 g/mol. The first-order valence-electron chi connectivity index (χ1n) is 8.03. The largest absolute Gasteiger partial charge is 0.380 e. The molecule has 1 saturated carbocycles. The van der Waals surface area contributed by atoms with Crippen LogP contribution in [0.1, 0.15) is 24.0 Å². The Morgan fingerprint density at radius 3 is 2.75 bits per heavy atom. The molecule has 2 aromatic carbocycles. The number of guanidine groups is 1.